The van der Waals surface area contributed by atoms with Crippen molar-refractivity contribution in [3.8, 4) is 0 Å². The lowest BCUT2D eigenvalue weighted by atomic mass is 10.0. The number of anilines is 1. The van der Waals surface area contributed by atoms with Gasteiger partial charge in [-0.25, -0.2) is 0 Å². The zero-order chi connectivity index (χ0) is 17.2. The maximum atomic E-state index is 12.8. The normalized spacial score (nSPS) is 17.7. The van der Waals surface area contributed by atoms with Gasteiger partial charge in [0.2, 0.25) is 5.91 Å². The van der Waals surface area contributed by atoms with E-state index in [0.717, 1.165) is 17.5 Å². The van der Waals surface area contributed by atoms with Gasteiger partial charge in [0.25, 0.3) is 5.91 Å². The number of aromatic nitrogens is 3. The van der Waals surface area contributed by atoms with E-state index in [-0.39, 0.29) is 11.8 Å². The minimum atomic E-state index is -0.542. The molecule has 3 aromatic rings. The van der Waals surface area contributed by atoms with E-state index in [9.17, 15) is 9.59 Å². The van der Waals surface area contributed by atoms with Crippen molar-refractivity contribution >= 4 is 28.4 Å². The van der Waals surface area contributed by atoms with Gasteiger partial charge in [-0.05, 0) is 31.0 Å². The van der Waals surface area contributed by atoms with Gasteiger partial charge in [-0.2, -0.15) is 5.10 Å². The zero-order valence-electron chi connectivity index (χ0n) is 13.5. The second-order valence-electron chi connectivity index (χ2n) is 6.01. The largest absolute Gasteiger partial charge is 0.340 e. The Hall–Kier alpha value is -3.22. The first-order chi connectivity index (χ1) is 12.2. The van der Waals surface area contributed by atoms with Crippen molar-refractivity contribution in [1.29, 1.82) is 0 Å². The Bertz CT molecular complexity index is 921. The van der Waals surface area contributed by atoms with Crippen LogP contribution in [0, 0.1) is 0 Å². The van der Waals surface area contributed by atoms with Gasteiger partial charge in [0.15, 0.2) is 0 Å². The van der Waals surface area contributed by atoms with Crippen LogP contribution < -0.4 is 10.2 Å². The topological polar surface area (TPSA) is 91.0 Å². The van der Waals surface area contributed by atoms with Crippen molar-refractivity contribution in [2.24, 2.45) is 0 Å². The fourth-order valence-electron chi connectivity index (χ4n) is 3.17. The van der Waals surface area contributed by atoms with E-state index in [4.69, 9.17) is 0 Å². The SMILES string of the molecule is O=C(N[C@H]1CCCN(c2cccnc2)C1=O)c1cccc2cn[nH]c12. The molecule has 1 aromatic carbocycles. The average molecular weight is 335 g/mol. The molecule has 4 rings (SSSR count). The molecule has 1 fully saturated rings. The number of carbonyl (C=O) groups excluding carboxylic acids is 2. The number of carbonyl (C=O) groups is 2. The van der Waals surface area contributed by atoms with Crippen molar-refractivity contribution in [2.45, 2.75) is 18.9 Å². The minimum absolute atomic E-state index is 0.107. The molecule has 2 N–H and O–H groups in total. The molecule has 2 amide bonds. The zero-order valence-corrected chi connectivity index (χ0v) is 13.5. The maximum Gasteiger partial charge on any atom is 0.254 e. The van der Waals surface area contributed by atoms with Gasteiger partial charge in [0.1, 0.15) is 6.04 Å². The van der Waals surface area contributed by atoms with Crippen LogP contribution in [0.4, 0.5) is 5.69 Å². The Morgan fingerprint density at radius 1 is 1.24 bits per heavy atom. The number of pyridine rings is 1. The van der Waals surface area contributed by atoms with E-state index < -0.39 is 6.04 Å². The van der Waals surface area contributed by atoms with Gasteiger partial charge in [-0.3, -0.25) is 19.7 Å². The number of nitrogens with zero attached hydrogens (tertiary/aromatic N) is 3. The molecule has 7 nitrogen and oxygen atoms in total. The van der Waals surface area contributed by atoms with Crippen LogP contribution in [0.1, 0.15) is 23.2 Å². The van der Waals surface area contributed by atoms with E-state index >= 15 is 0 Å². The standard InChI is InChI=1S/C18H17N5O2/c24-17(14-6-1-4-12-10-20-22-16(12)14)21-15-7-3-9-23(18(15)25)13-5-2-8-19-11-13/h1-2,4-6,8,10-11,15H,3,7,9H2,(H,20,22)(H,21,24)/t15-/m0/s1. The summed E-state index contributed by atoms with van der Waals surface area (Å²) in [6.45, 7) is 0.632. The number of H-pyrrole nitrogens is 1. The second kappa shape index (κ2) is 6.35. The molecular weight excluding hydrogens is 318 g/mol. The van der Waals surface area contributed by atoms with Crippen LogP contribution in [0.15, 0.2) is 48.9 Å². The highest BCUT2D eigenvalue weighted by atomic mass is 16.2. The number of hydrogen-bond acceptors (Lipinski definition) is 4. The van der Waals surface area contributed by atoms with Gasteiger partial charge in [-0.1, -0.05) is 12.1 Å². The molecule has 0 bridgehead atoms. The monoisotopic (exact) mass is 335 g/mol. The molecule has 7 heteroatoms. The number of nitrogens with one attached hydrogen (secondary N) is 2. The molecule has 25 heavy (non-hydrogen) atoms. The lowest BCUT2D eigenvalue weighted by Gasteiger charge is -2.32. The van der Waals surface area contributed by atoms with Gasteiger partial charge in [-0.15, -0.1) is 0 Å². The molecule has 0 aliphatic carbocycles. The van der Waals surface area contributed by atoms with Gasteiger partial charge < -0.3 is 10.2 Å². The first kappa shape index (κ1) is 15.3. The van der Waals surface area contributed by atoms with Gasteiger partial charge in [0.05, 0.1) is 29.2 Å². The molecule has 0 saturated carbocycles. The number of hydrogen-bond donors (Lipinski definition) is 2. The molecule has 0 radical (unpaired) electrons. The molecule has 0 spiro atoms. The van der Waals surface area contributed by atoms with Crippen LogP contribution in [0.25, 0.3) is 10.9 Å². The quantitative estimate of drug-likeness (QED) is 0.764. The first-order valence-electron chi connectivity index (χ1n) is 8.18. The molecule has 1 atom stereocenters. The molecule has 2 aromatic heterocycles. The lowest BCUT2D eigenvalue weighted by Crippen LogP contribution is -2.52. The molecular formula is C18H17N5O2. The summed E-state index contributed by atoms with van der Waals surface area (Å²) in [6, 6.07) is 8.51. The number of para-hydroxylation sites is 1. The summed E-state index contributed by atoms with van der Waals surface area (Å²) >= 11 is 0. The Kier molecular flexibility index (Phi) is 3.89. The van der Waals surface area contributed by atoms with Gasteiger partial charge in [0, 0.05) is 18.1 Å². The highest BCUT2D eigenvalue weighted by Gasteiger charge is 2.31. The predicted molar refractivity (Wildman–Crippen MR) is 93.2 cm³/mol. The lowest BCUT2D eigenvalue weighted by molar-refractivity contribution is -0.121. The summed E-state index contributed by atoms with van der Waals surface area (Å²) in [4.78, 5) is 31.2. The summed E-state index contributed by atoms with van der Waals surface area (Å²) in [5.74, 6) is -0.384. The number of rotatable bonds is 3. The van der Waals surface area contributed by atoms with Crippen LogP contribution in [0.2, 0.25) is 0 Å². The molecule has 1 aliphatic heterocycles. The number of fused-ring (bicyclic) bond motifs is 1. The van der Waals surface area contributed by atoms with E-state index in [1.54, 1.807) is 41.7 Å². The van der Waals surface area contributed by atoms with Crippen LogP contribution in [0.3, 0.4) is 0 Å². The highest BCUT2D eigenvalue weighted by molar-refractivity contribution is 6.08. The van der Waals surface area contributed by atoms with Crippen molar-refractivity contribution in [3.05, 3.63) is 54.5 Å². The smallest absolute Gasteiger partial charge is 0.254 e. The average Bonchev–Trinajstić information content (AvgIpc) is 3.13. The number of piperidine rings is 1. The van der Waals surface area contributed by atoms with Crippen LogP contribution >= 0.6 is 0 Å². The van der Waals surface area contributed by atoms with Crippen LogP contribution in [-0.2, 0) is 4.79 Å². The number of amides is 2. The van der Waals surface area contributed by atoms with Crippen LogP contribution in [0.5, 0.6) is 0 Å². The Morgan fingerprint density at radius 2 is 2.16 bits per heavy atom. The summed E-state index contributed by atoms with van der Waals surface area (Å²) < 4.78 is 0. The third-order valence-electron chi connectivity index (χ3n) is 4.42. The second-order valence-corrected chi connectivity index (χ2v) is 6.01. The molecule has 1 aliphatic rings. The predicted octanol–water partition coefficient (Wildman–Crippen LogP) is 1.88. The maximum absolute atomic E-state index is 12.8. The fraction of sp³-hybridized carbons (Fsp3) is 0.222. The fourth-order valence-corrected chi connectivity index (χ4v) is 3.17. The van der Waals surface area contributed by atoms with Crippen molar-refractivity contribution in [2.75, 3.05) is 11.4 Å². The first-order valence-corrected chi connectivity index (χ1v) is 8.18. The third kappa shape index (κ3) is 2.84. The number of benzene rings is 1. The van der Waals surface area contributed by atoms with Crippen molar-refractivity contribution < 1.29 is 9.59 Å². The highest BCUT2D eigenvalue weighted by Crippen LogP contribution is 2.21. The Morgan fingerprint density at radius 3 is 3.00 bits per heavy atom. The van der Waals surface area contributed by atoms with E-state index in [2.05, 4.69) is 20.5 Å². The Balaban J connectivity index is 1.55. The van der Waals surface area contributed by atoms with E-state index in [0.29, 0.717) is 24.0 Å². The third-order valence-corrected chi connectivity index (χ3v) is 4.42. The van der Waals surface area contributed by atoms with Crippen LogP contribution in [-0.4, -0.2) is 39.6 Å². The molecule has 0 unspecified atom stereocenters. The molecule has 126 valence electrons. The minimum Gasteiger partial charge on any atom is -0.340 e. The summed E-state index contributed by atoms with van der Waals surface area (Å²) in [5, 5.41) is 10.5. The molecule has 1 saturated heterocycles. The van der Waals surface area contributed by atoms with E-state index in [1.165, 1.54) is 0 Å². The molecule has 3 heterocycles. The number of aromatic amines is 1. The summed E-state index contributed by atoms with van der Waals surface area (Å²) in [7, 11) is 0. The Labute approximate surface area is 144 Å². The van der Waals surface area contributed by atoms with E-state index in [1.807, 2.05) is 12.1 Å². The van der Waals surface area contributed by atoms with Crippen molar-refractivity contribution in [3.63, 3.8) is 0 Å². The summed E-state index contributed by atoms with van der Waals surface area (Å²) in [5.41, 5.74) is 1.91. The van der Waals surface area contributed by atoms with Crippen molar-refractivity contribution in [1.82, 2.24) is 20.5 Å². The van der Waals surface area contributed by atoms with Gasteiger partial charge >= 0.3 is 0 Å². The summed E-state index contributed by atoms with van der Waals surface area (Å²) in [6.07, 6.45) is 6.44.